The Hall–Kier alpha value is -1.17. The van der Waals surface area contributed by atoms with Crippen molar-refractivity contribution in [1.29, 1.82) is 0 Å². The van der Waals surface area contributed by atoms with Crippen LogP contribution in [0.5, 0.6) is 0 Å². The molecule has 0 atom stereocenters. The molecule has 0 radical (unpaired) electrons. The number of sulfonamides is 1. The minimum Gasteiger partial charge on any atom is -0.311 e. The normalized spacial score (nSPS) is 13.0. The van der Waals surface area contributed by atoms with E-state index in [-0.39, 0.29) is 5.54 Å². The molecule has 0 aromatic heterocycles. The van der Waals surface area contributed by atoms with E-state index in [1.54, 1.807) is 6.08 Å². The summed E-state index contributed by atoms with van der Waals surface area (Å²) in [5.74, 6) is 0. The van der Waals surface area contributed by atoms with Gasteiger partial charge < -0.3 is 5.32 Å². The minimum absolute atomic E-state index is 0.00861. The highest BCUT2D eigenvalue weighted by Crippen LogP contribution is 2.02. The van der Waals surface area contributed by atoms with E-state index in [2.05, 4.69) is 10.0 Å². The molecule has 0 saturated carbocycles. The number of hydrogen-bond donors (Lipinski definition) is 2. The van der Waals surface area contributed by atoms with Crippen LogP contribution in [0.3, 0.4) is 0 Å². The van der Waals surface area contributed by atoms with E-state index >= 15 is 0 Å². The quantitative estimate of drug-likeness (QED) is 0.784. The molecule has 106 valence electrons. The molecular weight excluding hydrogens is 260 g/mol. The maximum atomic E-state index is 11.7. The lowest BCUT2D eigenvalue weighted by atomic mass is 10.1. The third-order valence-electron chi connectivity index (χ3n) is 2.32. The first-order chi connectivity index (χ1) is 8.79. The highest BCUT2D eigenvalue weighted by molar-refractivity contribution is 7.92. The standard InChI is InChI=1S/C14H22N2O2S/c1-14(2,3)15-10-11-16-19(17,18)12-9-13-7-5-4-6-8-13/h4-9,12,15-16H,10-11H2,1-3H3/b12-9+. The molecule has 0 heterocycles. The van der Waals surface area contributed by atoms with Crippen LogP contribution < -0.4 is 10.0 Å². The smallest absolute Gasteiger partial charge is 0.233 e. The number of hydrogen-bond acceptors (Lipinski definition) is 3. The van der Waals surface area contributed by atoms with Crippen LogP contribution in [0.2, 0.25) is 0 Å². The fourth-order valence-corrected chi connectivity index (χ4v) is 2.23. The Bertz CT molecular complexity index is 502. The molecule has 0 aliphatic carbocycles. The van der Waals surface area contributed by atoms with Crippen LogP contribution in [-0.4, -0.2) is 27.0 Å². The first-order valence-corrected chi connectivity index (χ1v) is 7.81. The molecule has 2 N–H and O–H groups in total. The summed E-state index contributed by atoms with van der Waals surface area (Å²) < 4.78 is 25.9. The summed E-state index contributed by atoms with van der Waals surface area (Å²) in [6, 6.07) is 9.34. The molecule has 1 rings (SSSR count). The molecular formula is C14H22N2O2S. The first kappa shape index (κ1) is 15.9. The molecule has 1 aromatic carbocycles. The molecule has 0 fully saturated rings. The monoisotopic (exact) mass is 282 g/mol. The topological polar surface area (TPSA) is 58.2 Å². The second-order valence-corrected chi connectivity index (χ2v) is 6.98. The van der Waals surface area contributed by atoms with Gasteiger partial charge in [-0.05, 0) is 32.4 Å². The minimum atomic E-state index is -3.37. The lowest BCUT2D eigenvalue weighted by Crippen LogP contribution is -2.40. The van der Waals surface area contributed by atoms with Crippen LogP contribution in [0.15, 0.2) is 35.7 Å². The van der Waals surface area contributed by atoms with E-state index in [1.807, 2.05) is 51.1 Å². The van der Waals surface area contributed by atoms with Crippen molar-refractivity contribution in [3.63, 3.8) is 0 Å². The van der Waals surface area contributed by atoms with Gasteiger partial charge in [0.2, 0.25) is 10.0 Å². The molecule has 0 aliphatic rings. The van der Waals surface area contributed by atoms with Gasteiger partial charge in [0, 0.05) is 24.0 Å². The van der Waals surface area contributed by atoms with Crippen molar-refractivity contribution < 1.29 is 8.42 Å². The van der Waals surface area contributed by atoms with E-state index < -0.39 is 10.0 Å². The van der Waals surface area contributed by atoms with Gasteiger partial charge in [-0.2, -0.15) is 0 Å². The summed E-state index contributed by atoms with van der Waals surface area (Å²) >= 11 is 0. The molecule has 1 aromatic rings. The first-order valence-electron chi connectivity index (χ1n) is 6.26. The molecule has 5 heteroatoms. The molecule has 4 nitrogen and oxygen atoms in total. The largest absolute Gasteiger partial charge is 0.311 e. The Morgan fingerprint density at radius 3 is 2.32 bits per heavy atom. The van der Waals surface area contributed by atoms with Crippen LogP contribution >= 0.6 is 0 Å². The van der Waals surface area contributed by atoms with Crippen molar-refractivity contribution in [3.8, 4) is 0 Å². The van der Waals surface area contributed by atoms with Gasteiger partial charge in [0.05, 0.1) is 0 Å². The van der Waals surface area contributed by atoms with Gasteiger partial charge in [0.25, 0.3) is 0 Å². The van der Waals surface area contributed by atoms with Crippen LogP contribution in [0.4, 0.5) is 0 Å². The maximum Gasteiger partial charge on any atom is 0.233 e. The molecule has 0 saturated heterocycles. The lowest BCUT2D eigenvalue weighted by molar-refractivity contribution is 0.428. The number of nitrogens with one attached hydrogen (secondary N) is 2. The van der Waals surface area contributed by atoms with Crippen molar-refractivity contribution >= 4 is 16.1 Å². The Balaban J connectivity index is 2.43. The SMILES string of the molecule is CC(C)(C)NCCNS(=O)(=O)/C=C/c1ccccc1. The Labute approximate surface area is 116 Å². The van der Waals surface area contributed by atoms with E-state index in [1.165, 1.54) is 5.41 Å². The van der Waals surface area contributed by atoms with Crippen molar-refractivity contribution in [1.82, 2.24) is 10.0 Å². The number of rotatable bonds is 6. The average Bonchev–Trinajstić information content (AvgIpc) is 2.33. The summed E-state index contributed by atoms with van der Waals surface area (Å²) in [4.78, 5) is 0. The summed E-state index contributed by atoms with van der Waals surface area (Å²) in [6.07, 6.45) is 1.58. The zero-order valence-corrected chi connectivity index (χ0v) is 12.5. The second-order valence-electron chi connectivity index (χ2n) is 5.33. The second kappa shape index (κ2) is 6.84. The third-order valence-corrected chi connectivity index (χ3v) is 3.42. The number of benzene rings is 1. The van der Waals surface area contributed by atoms with Gasteiger partial charge >= 0.3 is 0 Å². The van der Waals surface area contributed by atoms with Crippen LogP contribution in [0, 0.1) is 0 Å². The summed E-state index contributed by atoms with van der Waals surface area (Å²) in [5, 5.41) is 4.41. The predicted octanol–water partition coefficient (Wildman–Crippen LogP) is 1.96. The van der Waals surface area contributed by atoms with E-state index in [0.29, 0.717) is 13.1 Å². The van der Waals surface area contributed by atoms with E-state index in [9.17, 15) is 8.42 Å². The van der Waals surface area contributed by atoms with Crippen molar-refractivity contribution in [2.75, 3.05) is 13.1 Å². The zero-order chi connectivity index (χ0) is 14.4. The highest BCUT2D eigenvalue weighted by atomic mass is 32.2. The molecule has 0 spiro atoms. The fraction of sp³-hybridized carbons (Fsp3) is 0.429. The van der Waals surface area contributed by atoms with Crippen molar-refractivity contribution in [2.45, 2.75) is 26.3 Å². The highest BCUT2D eigenvalue weighted by Gasteiger charge is 2.09. The molecule has 0 unspecified atom stereocenters. The lowest BCUT2D eigenvalue weighted by Gasteiger charge is -2.20. The van der Waals surface area contributed by atoms with Gasteiger partial charge in [-0.3, -0.25) is 0 Å². The molecule has 0 amide bonds. The van der Waals surface area contributed by atoms with Gasteiger partial charge in [-0.15, -0.1) is 0 Å². The van der Waals surface area contributed by atoms with Crippen LogP contribution in [-0.2, 0) is 10.0 Å². The molecule has 0 bridgehead atoms. The summed E-state index contributed by atoms with van der Waals surface area (Å²) in [6.45, 7) is 7.09. The van der Waals surface area contributed by atoms with E-state index in [4.69, 9.17) is 0 Å². The summed E-state index contributed by atoms with van der Waals surface area (Å²) in [5.41, 5.74) is 0.853. The fourth-order valence-electron chi connectivity index (χ4n) is 1.41. The molecule has 19 heavy (non-hydrogen) atoms. The Kier molecular flexibility index (Phi) is 5.72. The predicted molar refractivity (Wildman–Crippen MR) is 80.2 cm³/mol. The Morgan fingerprint density at radius 1 is 1.11 bits per heavy atom. The maximum absolute atomic E-state index is 11.7. The van der Waals surface area contributed by atoms with Crippen LogP contribution in [0.1, 0.15) is 26.3 Å². The van der Waals surface area contributed by atoms with Gasteiger partial charge in [0.15, 0.2) is 0 Å². The Morgan fingerprint density at radius 2 is 1.74 bits per heavy atom. The average molecular weight is 282 g/mol. The van der Waals surface area contributed by atoms with Gasteiger partial charge in [-0.1, -0.05) is 30.3 Å². The van der Waals surface area contributed by atoms with Crippen molar-refractivity contribution in [2.24, 2.45) is 0 Å². The zero-order valence-electron chi connectivity index (χ0n) is 11.7. The van der Waals surface area contributed by atoms with Gasteiger partial charge in [0.1, 0.15) is 0 Å². The van der Waals surface area contributed by atoms with Crippen molar-refractivity contribution in [3.05, 3.63) is 41.3 Å². The van der Waals surface area contributed by atoms with Gasteiger partial charge in [-0.25, -0.2) is 13.1 Å². The van der Waals surface area contributed by atoms with Crippen LogP contribution in [0.25, 0.3) is 6.08 Å². The molecule has 0 aliphatic heterocycles. The third kappa shape index (κ3) is 7.77. The summed E-state index contributed by atoms with van der Waals surface area (Å²) in [7, 11) is -3.37. The van der Waals surface area contributed by atoms with E-state index in [0.717, 1.165) is 5.56 Å².